The Labute approximate surface area is 218 Å². The summed E-state index contributed by atoms with van der Waals surface area (Å²) in [5.74, 6) is 0.553. The molecule has 0 spiro atoms. The van der Waals surface area contributed by atoms with Gasteiger partial charge in [-0.3, -0.25) is 9.47 Å². The van der Waals surface area contributed by atoms with Gasteiger partial charge in [-0.1, -0.05) is 40.2 Å². The van der Waals surface area contributed by atoms with Gasteiger partial charge in [-0.25, -0.2) is 0 Å². The summed E-state index contributed by atoms with van der Waals surface area (Å²) in [5, 5.41) is 10.9. The Bertz CT molecular complexity index is 1210. The number of hydrogen-bond acceptors (Lipinski definition) is 7. The van der Waals surface area contributed by atoms with Crippen LogP contribution in [0.3, 0.4) is 0 Å². The van der Waals surface area contributed by atoms with Crippen molar-refractivity contribution in [3.63, 3.8) is 0 Å². The van der Waals surface area contributed by atoms with E-state index < -0.39 is 10.5 Å². The van der Waals surface area contributed by atoms with Gasteiger partial charge in [0.2, 0.25) is 0 Å². The molecule has 3 heterocycles. The van der Waals surface area contributed by atoms with Crippen LogP contribution in [0.15, 0.2) is 65.3 Å². The molecule has 2 aromatic carbocycles. The smallest absolute Gasteiger partial charge is 0.415 e. The van der Waals surface area contributed by atoms with Crippen LogP contribution >= 0.6 is 15.9 Å². The molecule has 1 fully saturated rings. The Kier molecular flexibility index (Phi) is 6.97. The topological polar surface area (TPSA) is 85.9 Å². The third-order valence-electron chi connectivity index (χ3n) is 6.42. The SMILES string of the molecule is CC1(COc2ccc(N3CCN(C/C=C/c4ccc(Br)cc4)CC3)cc2)Cn2cc([N+](=O)[O-])nc2O1. The average molecular weight is 554 g/mol. The molecule has 36 heavy (non-hydrogen) atoms. The zero-order chi connectivity index (χ0) is 25.1. The summed E-state index contributed by atoms with van der Waals surface area (Å²) in [6.07, 6.45) is 5.80. The van der Waals surface area contributed by atoms with Gasteiger partial charge >= 0.3 is 11.8 Å². The van der Waals surface area contributed by atoms with Crippen LogP contribution in [0, 0.1) is 10.1 Å². The van der Waals surface area contributed by atoms with Crippen LogP contribution in [-0.2, 0) is 6.54 Å². The van der Waals surface area contributed by atoms with Crippen LogP contribution in [0.4, 0.5) is 11.5 Å². The normalized spacial score (nSPS) is 19.9. The first-order valence-electron chi connectivity index (χ1n) is 11.9. The first-order valence-corrected chi connectivity index (χ1v) is 12.7. The second-order valence-corrected chi connectivity index (χ2v) is 10.3. The van der Waals surface area contributed by atoms with Crippen LogP contribution in [0.2, 0.25) is 0 Å². The number of ether oxygens (including phenoxy) is 2. The van der Waals surface area contributed by atoms with Gasteiger partial charge in [0.05, 0.1) is 6.54 Å². The highest BCUT2D eigenvalue weighted by Gasteiger charge is 2.41. The van der Waals surface area contributed by atoms with Gasteiger partial charge in [-0.15, -0.1) is 0 Å². The maximum absolute atomic E-state index is 10.9. The van der Waals surface area contributed by atoms with Gasteiger partial charge < -0.3 is 24.5 Å². The third kappa shape index (κ3) is 5.71. The monoisotopic (exact) mass is 553 g/mol. The van der Waals surface area contributed by atoms with Gasteiger partial charge in [0.15, 0.2) is 5.60 Å². The molecule has 0 bridgehead atoms. The molecule has 1 saturated heterocycles. The number of benzene rings is 2. The maximum atomic E-state index is 10.9. The number of fused-ring (bicyclic) bond motifs is 1. The molecule has 2 aliphatic heterocycles. The van der Waals surface area contributed by atoms with Gasteiger partial charge in [-0.2, -0.15) is 0 Å². The minimum absolute atomic E-state index is 0.207. The number of nitrogens with zero attached hydrogens (tertiary/aromatic N) is 5. The van der Waals surface area contributed by atoms with Gasteiger partial charge in [0.1, 0.15) is 18.6 Å². The van der Waals surface area contributed by atoms with Crippen molar-refractivity contribution in [1.82, 2.24) is 14.5 Å². The number of imidazole rings is 1. The Hall–Kier alpha value is -3.37. The van der Waals surface area contributed by atoms with Crippen LogP contribution < -0.4 is 14.4 Å². The molecular formula is C26H28BrN5O4. The number of aromatic nitrogens is 2. The van der Waals surface area contributed by atoms with Crippen molar-refractivity contribution in [1.29, 1.82) is 0 Å². The van der Waals surface area contributed by atoms with E-state index in [0.29, 0.717) is 13.2 Å². The number of piperazine rings is 1. The molecule has 0 radical (unpaired) electrons. The molecule has 3 aromatic rings. The lowest BCUT2D eigenvalue weighted by Gasteiger charge is -2.35. The quantitative estimate of drug-likeness (QED) is 0.297. The standard InChI is InChI=1S/C26H28BrN5O4/c1-26(18-31-17-24(32(33)34)28-25(31)36-26)19-35-23-10-8-22(9-11-23)30-15-13-29(14-16-30)12-2-3-20-4-6-21(27)7-5-20/h2-11,17H,12-16,18-19H2,1H3/b3-2+. The lowest BCUT2D eigenvalue weighted by atomic mass is 10.1. The Morgan fingerprint density at radius 1 is 1.14 bits per heavy atom. The lowest BCUT2D eigenvalue weighted by molar-refractivity contribution is -0.389. The van der Waals surface area contributed by atoms with E-state index in [-0.39, 0.29) is 11.8 Å². The number of anilines is 1. The molecule has 0 saturated carbocycles. The summed E-state index contributed by atoms with van der Waals surface area (Å²) in [6.45, 7) is 7.63. The zero-order valence-electron chi connectivity index (χ0n) is 20.0. The molecule has 188 valence electrons. The fraction of sp³-hybridized carbons (Fsp3) is 0.346. The average Bonchev–Trinajstić information content (AvgIpc) is 3.41. The predicted molar refractivity (Wildman–Crippen MR) is 142 cm³/mol. The van der Waals surface area contributed by atoms with Crippen LogP contribution in [-0.4, -0.2) is 64.3 Å². The first kappa shape index (κ1) is 24.3. The maximum Gasteiger partial charge on any atom is 0.415 e. The van der Waals surface area contributed by atoms with Crippen LogP contribution in [0.1, 0.15) is 12.5 Å². The summed E-state index contributed by atoms with van der Waals surface area (Å²) < 4.78 is 14.6. The van der Waals surface area contributed by atoms with Crippen molar-refractivity contribution < 1.29 is 14.4 Å². The number of halogens is 1. The van der Waals surface area contributed by atoms with E-state index in [9.17, 15) is 10.1 Å². The van der Waals surface area contributed by atoms with Crippen molar-refractivity contribution in [2.45, 2.75) is 19.1 Å². The predicted octanol–water partition coefficient (Wildman–Crippen LogP) is 4.62. The van der Waals surface area contributed by atoms with E-state index in [2.05, 4.69) is 79.3 Å². The molecule has 2 aliphatic rings. The number of rotatable bonds is 8. The van der Waals surface area contributed by atoms with Gasteiger partial charge in [0, 0.05) is 47.9 Å². The molecule has 0 N–H and O–H groups in total. The highest BCUT2D eigenvalue weighted by Crippen LogP contribution is 2.31. The van der Waals surface area contributed by atoms with Crippen molar-refractivity contribution in [2.24, 2.45) is 0 Å². The Morgan fingerprint density at radius 2 is 1.86 bits per heavy atom. The minimum Gasteiger partial charge on any atom is -0.489 e. The van der Waals surface area contributed by atoms with Crippen molar-refractivity contribution in [2.75, 3.05) is 44.2 Å². The fourth-order valence-electron chi connectivity index (χ4n) is 4.45. The van der Waals surface area contributed by atoms with Gasteiger partial charge in [0.25, 0.3) is 0 Å². The largest absolute Gasteiger partial charge is 0.489 e. The summed E-state index contributed by atoms with van der Waals surface area (Å²) in [4.78, 5) is 19.1. The number of nitro groups is 1. The van der Waals surface area contributed by atoms with Crippen LogP contribution in [0.25, 0.3) is 6.08 Å². The summed E-state index contributed by atoms with van der Waals surface area (Å²) in [6, 6.07) is 16.7. The van der Waals surface area contributed by atoms with Crippen molar-refractivity contribution in [3.8, 4) is 11.8 Å². The third-order valence-corrected chi connectivity index (χ3v) is 6.95. The summed E-state index contributed by atoms with van der Waals surface area (Å²) in [5.41, 5.74) is 1.77. The molecular weight excluding hydrogens is 526 g/mol. The van der Waals surface area contributed by atoms with Crippen molar-refractivity contribution >= 4 is 33.5 Å². The van der Waals surface area contributed by atoms with Crippen LogP contribution in [0.5, 0.6) is 11.8 Å². The van der Waals surface area contributed by atoms with Gasteiger partial charge in [-0.05, 0) is 53.8 Å². The Balaban J connectivity index is 1.07. The van der Waals surface area contributed by atoms with E-state index in [0.717, 1.165) is 42.9 Å². The molecule has 0 amide bonds. The summed E-state index contributed by atoms with van der Waals surface area (Å²) >= 11 is 3.47. The molecule has 10 heteroatoms. The fourth-order valence-corrected chi connectivity index (χ4v) is 4.71. The molecule has 1 aromatic heterocycles. The van der Waals surface area contributed by atoms with E-state index >= 15 is 0 Å². The molecule has 0 aliphatic carbocycles. The van der Waals surface area contributed by atoms with E-state index in [1.165, 1.54) is 17.4 Å². The van der Waals surface area contributed by atoms with E-state index in [4.69, 9.17) is 9.47 Å². The molecule has 1 atom stereocenters. The van der Waals surface area contributed by atoms with Crippen molar-refractivity contribution in [3.05, 3.63) is 81.0 Å². The molecule has 9 nitrogen and oxygen atoms in total. The minimum atomic E-state index is -0.627. The van der Waals surface area contributed by atoms with E-state index in [1.54, 1.807) is 4.57 Å². The number of hydrogen-bond donors (Lipinski definition) is 0. The first-order chi connectivity index (χ1) is 17.4. The summed E-state index contributed by atoms with van der Waals surface area (Å²) in [7, 11) is 0. The second-order valence-electron chi connectivity index (χ2n) is 9.34. The Morgan fingerprint density at radius 3 is 2.53 bits per heavy atom. The molecule has 1 unspecified atom stereocenters. The van der Waals surface area contributed by atoms with E-state index in [1.807, 2.05) is 19.1 Å². The second kappa shape index (κ2) is 10.3. The zero-order valence-corrected chi connectivity index (χ0v) is 21.6. The highest BCUT2D eigenvalue weighted by molar-refractivity contribution is 9.10. The highest BCUT2D eigenvalue weighted by atomic mass is 79.9. The lowest BCUT2D eigenvalue weighted by Crippen LogP contribution is -2.46. The molecule has 5 rings (SSSR count).